The molecule has 2 heterocycles. The number of morpholine rings is 1. The third-order valence-electron chi connectivity index (χ3n) is 4.82. The van der Waals surface area contributed by atoms with Crippen LogP contribution >= 0.6 is 0 Å². The lowest BCUT2D eigenvalue weighted by molar-refractivity contribution is -0.124. The molecule has 0 aromatic heterocycles. The minimum Gasteiger partial charge on any atom is -0.495 e. The molecular formula is C17H24N2O4. The van der Waals surface area contributed by atoms with Gasteiger partial charge in [-0.2, -0.15) is 0 Å². The third kappa shape index (κ3) is 3.01. The number of urea groups is 1. The van der Waals surface area contributed by atoms with Crippen LogP contribution in [0.25, 0.3) is 0 Å². The maximum atomic E-state index is 12.7. The number of hydrogen-bond donors (Lipinski definition) is 1. The number of ether oxygens (including phenoxy) is 3. The number of methoxy groups -OCH3 is 1. The first-order valence-corrected chi connectivity index (χ1v) is 8.01. The molecule has 2 amide bonds. The van der Waals surface area contributed by atoms with Gasteiger partial charge < -0.3 is 24.4 Å². The summed E-state index contributed by atoms with van der Waals surface area (Å²) in [6.45, 7) is 6.31. The molecule has 2 aliphatic heterocycles. The van der Waals surface area contributed by atoms with E-state index < -0.39 is 0 Å². The van der Waals surface area contributed by atoms with Crippen molar-refractivity contribution in [2.45, 2.75) is 32.0 Å². The van der Waals surface area contributed by atoms with Crippen molar-refractivity contribution in [3.8, 4) is 5.75 Å². The van der Waals surface area contributed by atoms with Gasteiger partial charge in [0.15, 0.2) is 0 Å². The number of aryl methyl sites for hydroxylation is 1. The molecule has 0 saturated carbocycles. The molecule has 2 aliphatic rings. The molecule has 0 bridgehead atoms. The standard InChI is InChI=1S/C17H24N2O4/c1-12-5-4-6-14(21-3)15(12)18-16(20)19-8-10-23-17(11-19)7-9-22-13(17)2/h4-6,13H,7-11H2,1-3H3,(H,18,20)/t13-,17+/m1/s1. The van der Waals surface area contributed by atoms with Crippen molar-refractivity contribution in [3.05, 3.63) is 23.8 Å². The van der Waals surface area contributed by atoms with E-state index in [-0.39, 0.29) is 17.7 Å². The smallest absolute Gasteiger partial charge is 0.322 e. The first-order chi connectivity index (χ1) is 11.1. The molecule has 6 heteroatoms. The molecule has 1 N–H and O–H groups in total. The van der Waals surface area contributed by atoms with E-state index in [9.17, 15) is 4.79 Å². The minimum atomic E-state index is -0.370. The highest BCUT2D eigenvalue weighted by Crippen LogP contribution is 2.34. The van der Waals surface area contributed by atoms with Crippen LogP contribution in [0, 0.1) is 6.92 Å². The van der Waals surface area contributed by atoms with Gasteiger partial charge in [0.1, 0.15) is 11.4 Å². The van der Waals surface area contributed by atoms with Crippen LogP contribution in [0.3, 0.4) is 0 Å². The Morgan fingerprint density at radius 3 is 2.96 bits per heavy atom. The van der Waals surface area contributed by atoms with E-state index in [0.717, 1.165) is 17.7 Å². The van der Waals surface area contributed by atoms with Crippen molar-refractivity contribution in [3.63, 3.8) is 0 Å². The molecule has 6 nitrogen and oxygen atoms in total. The van der Waals surface area contributed by atoms with Gasteiger partial charge >= 0.3 is 6.03 Å². The van der Waals surface area contributed by atoms with Crippen LogP contribution in [-0.2, 0) is 9.47 Å². The van der Waals surface area contributed by atoms with Gasteiger partial charge in [0.05, 0.1) is 32.1 Å². The molecule has 2 atom stereocenters. The number of nitrogens with one attached hydrogen (secondary N) is 1. The second-order valence-corrected chi connectivity index (χ2v) is 6.18. The highest BCUT2D eigenvalue weighted by atomic mass is 16.6. The van der Waals surface area contributed by atoms with Gasteiger partial charge in [-0.05, 0) is 25.5 Å². The SMILES string of the molecule is COc1cccc(C)c1NC(=O)N1CCO[C@@]2(CCO[C@@H]2C)C1. The van der Waals surface area contributed by atoms with Crippen molar-refractivity contribution in [2.75, 3.05) is 38.7 Å². The molecule has 0 radical (unpaired) electrons. The summed E-state index contributed by atoms with van der Waals surface area (Å²) in [4.78, 5) is 14.5. The molecule has 0 aliphatic carbocycles. The van der Waals surface area contributed by atoms with Gasteiger partial charge in [0.25, 0.3) is 0 Å². The first-order valence-electron chi connectivity index (χ1n) is 8.01. The van der Waals surface area contributed by atoms with Crippen LogP contribution in [-0.4, -0.2) is 56.0 Å². The van der Waals surface area contributed by atoms with Gasteiger partial charge in [-0.1, -0.05) is 12.1 Å². The molecule has 0 unspecified atom stereocenters. The van der Waals surface area contributed by atoms with Gasteiger partial charge in [-0.3, -0.25) is 0 Å². The van der Waals surface area contributed by atoms with E-state index in [4.69, 9.17) is 14.2 Å². The summed E-state index contributed by atoms with van der Waals surface area (Å²) >= 11 is 0. The zero-order valence-electron chi connectivity index (χ0n) is 13.9. The Labute approximate surface area is 136 Å². The lowest BCUT2D eigenvalue weighted by Crippen LogP contribution is -2.57. The Balaban J connectivity index is 1.74. The number of hydrogen-bond acceptors (Lipinski definition) is 4. The number of rotatable bonds is 2. The van der Waals surface area contributed by atoms with Crippen LogP contribution in [0.5, 0.6) is 5.75 Å². The number of nitrogens with zero attached hydrogens (tertiary/aromatic N) is 1. The molecule has 3 rings (SSSR count). The van der Waals surface area contributed by atoms with Crippen molar-refractivity contribution >= 4 is 11.7 Å². The van der Waals surface area contributed by atoms with Crippen molar-refractivity contribution in [1.82, 2.24) is 4.90 Å². The molecule has 2 saturated heterocycles. The second kappa shape index (κ2) is 6.37. The number of benzene rings is 1. The third-order valence-corrected chi connectivity index (χ3v) is 4.82. The lowest BCUT2D eigenvalue weighted by atomic mass is 9.94. The van der Waals surface area contributed by atoms with Gasteiger partial charge in [0, 0.05) is 19.6 Å². The van der Waals surface area contributed by atoms with Gasteiger partial charge in [0.2, 0.25) is 0 Å². The monoisotopic (exact) mass is 320 g/mol. The fourth-order valence-corrected chi connectivity index (χ4v) is 3.30. The van der Waals surface area contributed by atoms with Crippen LogP contribution in [0.2, 0.25) is 0 Å². The zero-order chi connectivity index (χ0) is 16.4. The summed E-state index contributed by atoms with van der Waals surface area (Å²) in [5.74, 6) is 0.666. The summed E-state index contributed by atoms with van der Waals surface area (Å²) in [7, 11) is 1.60. The Morgan fingerprint density at radius 2 is 2.26 bits per heavy atom. The predicted molar refractivity (Wildman–Crippen MR) is 87.0 cm³/mol. The highest BCUT2D eigenvalue weighted by molar-refractivity contribution is 5.92. The first kappa shape index (κ1) is 16.1. The van der Waals surface area contributed by atoms with Crippen LogP contribution in [0.1, 0.15) is 18.9 Å². The van der Waals surface area contributed by atoms with E-state index in [0.29, 0.717) is 32.1 Å². The fraction of sp³-hybridized carbons (Fsp3) is 0.588. The Morgan fingerprint density at radius 1 is 1.43 bits per heavy atom. The van der Waals surface area contributed by atoms with Crippen molar-refractivity contribution in [1.29, 1.82) is 0 Å². The summed E-state index contributed by atoms with van der Waals surface area (Å²) in [5, 5.41) is 2.99. The average Bonchev–Trinajstić information content (AvgIpc) is 2.89. The van der Waals surface area contributed by atoms with Crippen molar-refractivity contribution < 1.29 is 19.0 Å². The normalized spacial score (nSPS) is 27.3. The number of amides is 2. The number of carbonyl (C=O) groups excluding carboxylic acids is 1. The van der Waals surface area contributed by atoms with E-state index >= 15 is 0 Å². The molecule has 2 fully saturated rings. The lowest BCUT2D eigenvalue weighted by Gasteiger charge is -2.42. The molecular weight excluding hydrogens is 296 g/mol. The van der Waals surface area contributed by atoms with E-state index in [1.54, 1.807) is 12.0 Å². The highest BCUT2D eigenvalue weighted by Gasteiger charge is 2.47. The van der Waals surface area contributed by atoms with E-state index in [1.807, 2.05) is 32.0 Å². The average molecular weight is 320 g/mol. The van der Waals surface area contributed by atoms with Crippen LogP contribution in [0.15, 0.2) is 18.2 Å². The zero-order valence-corrected chi connectivity index (χ0v) is 13.9. The van der Waals surface area contributed by atoms with Gasteiger partial charge in [-0.25, -0.2) is 4.79 Å². The predicted octanol–water partition coefficient (Wildman–Crippen LogP) is 2.42. The van der Waals surface area contributed by atoms with E-state index in [2.05, 4.69) is 5.32 Å². The van der Waals surface area contributed by atoms with Crippen molar-refractivity contribution in [2.24, 2.45) is 0 Å². The number of carbonyl (C=O) groups is 1. The summed E-state index contributed by atoms with van der Waals surface area (Å²) < 4.78 is 17.0. The summed E-state index contributed by atoms with van der Waals surface area (Å²) in [6.07, 6.45) is 0.831. The quantitative estimate of drug-likeness (QED) is 0.909. The fourth-order valence-electron chi connectivity index (χ4n) is 3.30. The number of para-hydroxylation sites is 1. The molecule has 126 valence electrons. The van der Waals surface area contributed by atoms with Gasteiger partial charge in [-0.15, -0.1) is 0 Å². The number of anilines is 1. The van der Waals surface area contributed by atoms with E-state index in [1.165, 1.54) is 0 Å². The molecule has 1 aromatic carbocycles. The molecule has 1 aromatic rings. The van der Waals surface area contributed by atoms with Crippen LogP contribution in [0.4, 0.5) is 10.5 Å². The topological polar surface area (TPSA) is 60.0 Å². The molecule has 1 spiro atoms. The Kier molecular flexibility index (Phi) is 4.46. The summed E-state index contributed by atoms with van der Waals surface area (Å²) in [6, 6.07) is 5.58. The maximum absolute atomic E-state index is 12.7. The summed E-state index contributed by atoms with van der Waals surface area (Å²) in [5.41, 5.74) is 1.32. The van der Waals surface area contributed by atoms with Crippen LogP contribution < -0.4 is 10.1 Å². The minimum absolute atomic E-state index is 0.00565. The maximum Gasteiger partial charge on any atom is 0.322 e. The Bertz CT molecular complexity index is 592. The Hall–Kier alpha value is -1.79. The largest absolute Gasteiger partial charge is 0.495 e. The second-order valence-electron chi connectivity index (χ2n) is 6.18. The molecule has 23 heavy (non-hydrogen) atoms.